The second-order valence-electron chi connectivity index (χ2n) is 10.7. The van der Waals surface area contributed by atoms with Gasteiger partial charge in [-0.2, -0.15) is 0 Å². The van der Waals surface area contributed by atoms with Crippen molar-refractivity contribution in [1.29, 1.82) is 5.41 Å². The van der Waals surface area contributed by atoms with Gasteiger partial charge in [-0.05, 0) is 55.5 Å². The number of amides is 2. The molecule has 0 bridgehead atoms. The third-order valence-corrected chi connectivity index (χ3v) is 6.91. The van der Waals surface area contributed by atoms with Crippen molar-refractivity contribution in [3.05, 3.63) is 53.9 Å². The monoisotopic (exact) mass is 536 g/mol. The van der Waals surface area contributed by atoms with Crippen LogP contribution in [0.1, 0.15) is 56.7 Å². The first kappa shape index (κ1) is 29.6. The van der Waals surface area contributed by atoms with Gasteiger partial charge in [-0.25, -0.2) is 4.98 Å². The summed E-state index contributed by atoms with van der Waals surface area (Å²) in [6.45, 7) is 9.91. The number of carbonyl (C=O) groups excluding carboxylic acids is 2. The molecular weight excluding hydrogens is 496 g/mol. The molecule has 1 aromatic heterocycles. The first-order valence-electron chi connectivity index (χ1n) is 13.1. The molecule has 1 unspecified atom stereocenters. The van der Waals surface area contributed by atoms with Crippen LogP contribution in [0.3, 0.4) is 0 Å². The Morgan fingerprint density at radius 3 is 2.54 bits per heavy atom. The van der Waals surface area contributed by atoms with Gasteiger partial charge in [0.25, 0.3) is 5.91 Å². The summed E-state index contributed by atoms with van der Waals surface area (Å²) >= 11 is 0. The van der Waals surface area contributed by atoms with Crippen molar-refractivity contribution >= 4 is 35.1 Å². The third-order valence-electron chi connectivity index (χ3n) is 6.91. The molecule has 2 heterocycles. The minimum absolute atomic E-state index is 0.00395. The van der Waals surface area contributed by atoms with Crippen molar-refractivity contribution in [2.24, 2.45) is 11.1 Å². The van der Waals surface area contributed by atoms with Crippen molar-refractivity contribution in [2.75, 3.05) is 37.0 Å². The van der Waals surface area contributed by atoms with Gasteiger partial charge >= 0.3 is 0 Å². The first-order valence-corrected chi connectivity index (χ1v) is 13.1. The number of pyridine rings is 1. The molecule has 210 valence electrons. The zero-order valence-corrected chi connectivity index (χ0v) is 23.4. The van der Waals surface area contributed by atoms with E-state index in [-0.39, 0.29) is 35.8 Å². The number of carbonyl (C=O) groups is 2. The van der Waals surface area contributed by atoms with Gasteiger partial charge < -0.3 is 36.2 Å². The van der Waals surface area contributed by atoms with E-state index in [4.69, 9.17) is 20.6 Å². The number of ether oxygens (including phenoxy) is 2. The second-order valence-corrected chi connectivity index (χ2v) is 10.7. The molecule has 0 aliphatic carbocycles. The second kappa shape index (κ2) is 13.2. The minimum atomic E-state index is -0.399. The fourth-order valence-electron chi connectivity index (χ4n) is 4.04. The quantitative estimate of drug-likeness (QED) is 0.338. The molecule has 1 fully saturated rings. The van der Waals surface area contributed by atoms with E-state index in [0.29, 0.717) is 22.8 Å². The van der Waals surface area contributed by atoms with E-state index >= 15 is 0 Å². The Labute approximate surface area is 230 Å². The maximum absolute atomic E-state index is 12.9. The van der Waals surface area contributed by atoms with Gasteiger partial charge in [0.15, 0.2) is 0 Å². The van der Waals surface area contributed by atoms with E-state index < -0.39 is 5.91 Å². The highest BCUT2D eigenvalue weighted by Crippen LogP contribution is 2.32. The number of aromatic nitrogens is 1. The van der Waals surface area contributed by atoms with Crippen LogP contribution < -0.4 is 26.0 Å². The van der Waals surface area contributed by atoms with E-state index in [1.54, 1.807) is 25.3 Å². The summed E-state index contributed by atoms with van der Waals surface area (Å²) in [5.41, 5.74) is 8.31. The summed E-state index contributed by atoms with van der Waals surface area (Å²) in [7, 11) is 1.56. The fourth-order valence-corrected chi connectivity index (χ4v) is 4.04. The minimum Gasteiger partial charge on any atom is -0.494 e. The molecule has 5 N–H and O–H groups in total. The van der Waals surface area contributed by atoms with Crippen molar-refractivity contribution in [3.8, 4) is 5.75 Å². The molecule has 10 nitrogen and oxygen atoms in total. The number of nitrogens with zero attached hydrogens (tertiary/aromatic N) is 2. The van der Waals surface area contributed by atoms with Crippen molar-refractivity contribution in [3.63, 3.8) is 0 Å². The van der Waals surface area contributed by atoms with Gasteiger partial charge in [0.05, 0.1) is 30.3 Å². The number of methoxy groups -OCH3 is 1. The SMILES string of the molecule is COc1cc(N2CCC(OCC(=O)NC(C)C(C)(C)C)CC2)ccc1NC(=O)c1cccc(/C(N)=C/C=N)n1. The summed E-state index contributed by atoms with van der Waals surface area (Å²) in [5.74, 6) is 0.0446. The summed E-state index contributed by atoms with van der Waals surface area (Å²) < 4.78 is 11.5. The van der Waals surface area contributed by atoms with Crippen LogP contribution in [-0.4, -0.2) is 62.0 Å². The molecule has 1 aliphatic rings. The van der Waals surface area contributed by atoms with Crippen LogP contribution in [0, 0.1) is 10.8 Å². The molecule has 1 atom stereocenters. The van der Waals surface area contributed by atoms with E-state index in [1.165, 1.54) is 6.08 Å². The summed E-state index contributed by atoms with van der Waals surface area (Å²) in [6.07, 6.45) is 4.12. The molecule has 3 rings (SSSR count). The van der Waals surface area contributed by atoms with Gasteiger partial charge in [-0.3, -0.25) is 9.59 Å². The molecule has 1 aliphatic heterocycles. The summed E-state index contributed by atoms with van der Waals surface area (Å²) in [4.78, 5) is 31.7. The molecule has 39 heavy (non-hydrogen) atoms. The molecule has 1 saturated heterocycles. The number of benzene rings is 1. The standard InChI is InChI=1S/C29H40N6O4/c1-19(29(2,3)4)32-27(36)18-39-21-12-15-35(16-13-21)20-9-10-24(26(17-20)38-5)34-28(37)25-8-6-7-23(33-25)22(31)11-14-30/h6-11,14,17,19,21,30H,12-13,15-16,18,31H2,1-5H3,(H,32,36)(H,34,37)/b22-11-,30-14?. The van der Waals surface area contributed by atoms with Crippen molar-refractivity contribution in [1.82, 2.24) is 10.3 Å². The molecular formula is C29H40N6O4. The fraction of sp³-hybridized carbons (Fsp3) is 0.448. The first-order chi connectivity index (χ1) is 18.5. The van der Waals surface area contributed by atoms with E-state index in [1.807, 2.05) is 25.1 Å². The number of piperidine rings is 1. The molecule has 2 aromatic rings. The molecule has 10 heteroatoms. The summed E-state index contributed by atoms with van der Waals surface area (Å²) in [6, 6.07) is 10.7. The van der Waals surface area contributed by atoms with Crippen molar-refractivity contribution in [2.45, 2.75) is 52.7 Å². The smallest absolute Gasteiger partial charge is 0.274 e. The normalized spacial score (nSPS) is 15.4. The van der Waals surface area contributed by atoms with Gasteiger partial charge in [-0.1, -0.05) is 26.8 Å². The Morgan fingerprint density at radius 2 is 1.90 bits per heavy atom. The van der Waals surface area contributed by atoms with Crippen LogP contribution in [0.2, 0.25) is 0 Å². The van der Waals surface area contributed by atoms with E-state index in [9.17, 15) is 9.59 Å². The Balaban J connectivity index is 1.56. The number of nitrogens with one attached hydrogen (secondary N) is 3. The highest BCUT2D eigenvalue weighted by molar-refractivity contribution is 6.04. The Morgan fingerprint density at radius 1 is 1.21 bits per heavy atom. The molecule has 0 saturated carbocycles. The molecule has 2 amide bonds. The average molecular weight is 537 g/mol. The largest absolute Gasteiger partial charge is 0.494 e. The predicted molar refractivity (Wildman–Crippen MR) is 154 cm³/mol. The maximum atomic E-state index is 12.9. The zero-order chi connectivity index (χ0) is 28.6. The predicted octanol–water partition coefficient (Wildman–Crippen LogP) is 3.83. The lowest BCUT2D eigenvalue weighted by atomic mass is 9.88. The van der Waals surface area contributed by atoms with Gasteiger partial charge in [0, 0.05) is 37.1 Å². The number of nitrogens with two attached hydrogens (primary N) is 1. The molecule has 0 radical (unpaired) electrons. The zero-order valence-electron chi connectivity index (χ0n) is 23.4. The van der Waals surface area contributed by atoms with E-state index in [0.717, 1.165) is 37.8 Å². The number of hydrogen-bond donors (Lipinski definition) is 4. The Bertz CT molecular complexity index is 1200. The van der Waals surface area contributed by atoms with Gasteiger partial charge in [0.2, 0.25) is 5.91 Å². The number of rotatable bonds is 10. The third kappa shape index (κ3) is 8.28. The number of allylic oxidation sites excluding steroid dienone is 1. The van der Waals surface area contributed by atoms with Gasteiger partial charge in [0.1, 0.15) is 18.1 Å². The van der Waals surface area contributed by atoms with Crippen LogP contribution in [0.4, 0.5) is 11.4 Å². The van der Waals surface area contributed by atoms with Gasteiger partial charge in [-0.15, -0.1) is 0 Å². The van der Waals surface area contributed by atoms with Crippen LogP contribution in [0.15, 0.2) is 42.5 Å². The van der Waals surface area contributed by atoms with Crippen LogP contribution >= 0.6 is 0 Å². The van der Waals surface area contributed by atoms with Crippen molar-refractivity contribution < 1.29 is 19.1 Å². The molecule has 1 aromatic carbocycles. The van der Waals surface area contributed by atoms with Crippen LogP contribution in [0.5, 0.6) is 5.75 Å². The highest BCUT2D eigenvalue weighted by Gasteiger charge is 2.24. The lowest BCUT2D eigenvalue weighted by molar-refractivity contribution is -0.129. The topological polar surface area (TPSA) is 143 Å². The highest BCUT2D eigenvalue weighted by atomic mass is 16.5. The van der Waals surface area contributed by atoms with Crippen LogP contribution in [-0.2, 0) is 9.53 Å². The maximum Gasteiger partial charge on any atom is 0.274 e. The average Bonchev–Trinajstić information content (AvgIpc) is 2.92. The Hall–Kier alpha value is -3.92. The Kier molecular flexibility index (Phi) is 10.1. The summed E-state index contributed by atoms with van der Waals surface area (Å²) in [5, 5.41) is 13.0. The molecule has 0 spiro atoms. The lowest BCUT2D eigenvalue weighted by Gasteiger charge is -2.34. The lowest BCUT2D eigenvalue weighted by Crippen LogP contribution is -2.44. The van der Waals surface area contributed by atoms with Crippen LogP contribution in [0.25, 0.3) is 5.70 Å². The van der Waals surface area contributed by atoms with E-state index in [2.05, 4.69) is 41.3 Å². The number of hydrogen-bond acceptors (Lipinski definition) is 8. The number of anilines is 2.